The minimum atomic E-state index is -0.850. The fraction of sp³-hybridized carbons (Fsp3) is 0.483. The van der Waals surface area contributed by atoms with Crippen molar-refractivity contribution >= 4 is 52.5 Å². The van der Waals surface area contributed by atoms with E-state index < -0.39 is 28.7 Å². The summed E-state index contributed by atoms with van der Waals surface area (Å²) < 4.78 is 4.70. The molecule has 8 nitrogen and oxygen atoms in total. The first-order valence-electron chi connectivity index (χ1n) is 13.5. The van der Waals surface area contributed by atoms with Gasteiger partial charge in [-0.2, -0.15) is 0 Å². The number of para-hydroxylation sites is 1. The highest BCUT2D eigenvalue weighted by atomic mass is 35.5. The first kappa shape index (κ1) is 27.8. The minimum Gasteiger partial charge on any atom is -0.494 e. The Morgan fingerprint density at radius 2 is 1.87 bits per heavy atom. The van der Waals surface area contributed by atoms with Crippen LogP contribution < -0.4 is 15.4 Å². The first-order valence-corrected chi connectivity index (χ1v) is 14.7. The lowest BCUT2D eigenvalue weighted by Gasteiger charge is -2.40. The zero-order valence-corrected chi connectivity index (χ0v) is 23.8. The summed E-state index contributed by atoms with van der Waals surface area (Å²) in [7, 11) is 0. The van der Waals surface area contributed by atoms with E-state index in [0.717, 1.165) is 6.42 Å². The number of aliphatic hydroxyl groups is 1. The number of anilines is 2. The quantitative estimate of drug-likeness (QED) is 0.411. The highest BCUT2D eigenvalue weighted by Gasteiger charge is 2.76. The Labute approximate surface area is 237 Å². The Bertz CT molecular complexity index is 1260. The van der Waals surface area contributed by atoms with Crippen molar-refractivity contribution in [3.63, 3.8) is 0 Å². The number of amides is 3. The molecule has 2 bridgehead atoms. The lowest BCUT2D eigenvalue weighted by Crippen LogP contribution is -2.57. The van der Waals surface area contributed by atoms with Crippen LogP contribution in [0.15, 0.2) is 48.5 Å². The van der Waals surface area contributed by atoms with Crippen molar-refractivity contribution in [2.75, 3.05) is 23.8 Å². The molecule has 2 aromatic rings. The van der Waals surface area contributed by atoms with E-state index in [1.165, 1.54) is 0 Å². The van der Waals surface area contributed by atoms with E-state index in [0.29, 0.717) is 35.2 Å². The van der Waals surface area contributed by atoms with Crippen LogP contribution in [-0.2, 0) is 14.4 Å². The first-order chi connectivity index (χ1) is 18.8. The van der Waals surface area contributed by atoms with Crippen molar-refractivity contribution in [2.45, 2.75) is 55.7 Å². The van der Waals surface area contributed by atoms with Gasteiger partial charge in [-0.3, -0.25) is 14.4 Å². The molecule has 3 heterocycles. The molecule has 0 aliphatic carbocycles. The Morgan fingerprint density at radius 1 is 1.15 bits per heavy atom. The molecule has 2 aromatic carbocycles. The van der Waals surface area contributed by atoms with Crippen molar-refractivity contribution in [3.05, 3.63) is 53.6 Å². The molecule has 3 fully saturated rings. The molecule has 3 aliphatic heterocycles. The number of benzene rings is 2. The standard InChI is InChI=1S/C29H34ClN3O5S/c1-4-18(15-34)33-25(27(36)32-21-9-7-6-8-20(21)30)29-16(3)14-22(39-29)23(24(29)28(33)37)26(35)31-17-10-12-19(13-11-17)38-5-2/h6-13,16,18,22-25,34H,4-5,14-15H2,1-3H3,(H,31,35)(H,32,36)/t16?,18-,22-,23+,24-,25?,29?/m0/s1. The Morgan fingerprint density at radius 3 is 2.51 bits per heavy atom. The number of carbonyl (C=O) groups excluding carboxylic acids is 3. The summed E-state index contributed by atoms with van der Waals surface area (Å²) in [6.45, 7) is 6.13. The molecule has 39 heavy (non-hydrogen) atoms. The fourth-order valence-electron chi connectivity index (χ4n) is 6.66. The highest BCUT2D eigenvalue weighted by Crippen LogP contribution is 2.69. The number of nitrogens with one attached hydrogen (secondary N) is 2. The van der Waals surface area contributed by atoms with Crippen LogP contribution in [0.4, 0.5) is 11.4 Å². The molecule has 208 valence electrons. The van der Waals surface area contributed by atoms with E-state index in [-0.39, 0.29) is 35.5 Å². The maximum absolute atomic E-state index is 14.2. The fourth-order valence-corrected chi connectivity index (χ4v) is 9.25. The second-order valence-electron chi connectivity index (χ2n) is 10.5. The maximum Gasteiger partial charge on any atom is 0.248 e. The van der Waals surface area contributed by atoms with E-state index in [9.17, 15) is 19.5 Å². The molecule has 3 unspecified atom stereocenters. The number of carbonyl (C=O) groups is 3. The molecule has 10 heteroatoms. The number of aliphatic hydroxyl groups excluding tert-OH is 1. The third-order valence-electron chi connectivity index (χ3n) is 8.37. The van der Waals surface area contributed by atoms with Gasteiger partial charge < -0.3 is 25.4 Å². The van der Waals surface area contributed by atoms with Gasteiger partial charge in [-0.25, -0.2) is 0 Å². The smallest absolute Gasteiger partial charge is 0.248 e. The van der Waals surface area contributed by atoms with Crippen LogP contribution in [-0.4, -0.2) is 63.0 Å². The van der Waals surface area contributed by atoms with Gasteiger partial charge in [0.05, 0.1) is 46.5 Å². The largest absolute Gasteiger partial charge is 0.494 e. The number of hydrogen-bond donors (Lipinski definition) is 3. The molecule has 3 amide bonds. The van der Waals surface area contributed by atoms with Crippen LogP contribution in [0.25, 0.3) is 0 Å². The summed E-state index contributed by atoms with van der Waals surface area (Å²) in [6.07, 6.45) is 1.20. The van der Waals surface area contributed by atoms with Crippen LogP contribution in [0, 0.1) is 17.8 Å². The monoisotopic (exact) mass is 571 g/mol. The van der Waals surface area contributed by atoms with Gasteiger partial charge >= 0.3 is 0 Å². The molecule has 0 saturated carbocycles. The molecule has 1 spiro atoms. The molecule has 3 N–H and O–H groups in total. The SMILES string of the molecule is CCOc1ccc(NC(=O)[C@@H]2[C@@H]3CC(C)C4(S3)C(C(=O)Nc3ccccc3Cl)N([C@@H](CC)CO)C(=O)[C@H]24)cc1. The molecule has 5 rings (SSSR count). The van der Waals surface area contributed by atoms with Gasteiger partial charge in [0.1, 0.15) is 11.8 Å². The Hall–Kier alpha value is -2.75. The number of thioether (sulfide) groups is 1. The molecule has 3 saturated heterocycles. The second kappa shape index (κ2) is 11.0. The number of halogens is 1. The van der Waals surface area contributed by atoms with Crippen molar-refractivity contribution < 1.29 is 24.2 Å². The van der Waals surface area contributed by atoms with E-state index in [1.807, 2.05) is 13.8 Å². The second-order valence-corrected chi connectivity index (χ2v) is 12.4. The topological polar surface area (TPSA) is 108 Å². The van der Waals surface area contributed by atoms with Gasteiger partial charge in [-0.15, -0.1) is 11.8 Å². The number of fused-ring (bicyclic) bond motifs is 1. The lowest BCUT2D eigenvalue weighted by atomic mass is 9.66. The van der Waals surface area contributed by atoms with E-state index in [1.54, 1.807) is 65.2 Å². The molecule has 0 aromatic heterocycles. The van der Waals surface area contributed by atoms with Gasteiger partial charge in [0, 0.05) is 10.9 Å². The zero-order chi connectivity index (χ0) is 27.9. The molecule has 0 radical (unpaired) electrons. The lowest BCUT2D eigenvalue weighted by molar-refractivity contribution is -0.141. The molecule has 7 atom stereocenters. The normalized spacial score (nSPS) is 29.7. The summed E-state index contributed by atoms with van der Waals surface area (Å²) in [5.41, 5.74) is 1.08. The summed E-state index contributed by atoms with van der Waals surface area (Å²) in [4.78, 5) is 43.5. The average Bonchev–Trinajstić information content (AvgIpc) is 3.51. The minimum absolute atomic E-state index is 0.0131. The van der Waals surface area contributed by atoms with Crippen molar-refractivity contribution in [1.82, 2.24) is 4.90 Å². The highest BCUT2D eigenvalue weighted by molar-refractivity contribution is 8.02. The van der Waals surface area contributed by atoms with E-state index in [2.05, 4.69) is 17.6 Å². The van der Waals surface area contributed by atoms with Crippen LogP contribution in [0.2, 0.25) is 5.02 Å². The predicted molar refractivity (Wildman–Crippen MR) is 153 cm³/mol. The van der Waals surface area contributed by atoms with Crippen LogP contribution >= 0.6 is 23.4 Å². The van der Waals surface area contributed by atoms with Crippen LogP contribution in [0.1, 0.15) is 33.6 Å². The third kappa shape index (κ3) is 4.58. The summed E-state index contributed by atoms with van der Waals surface area (Å²) in [5, 5.41) is 16.5. The molecule has 3 aliphatic rings. The van der Waals surface area contributed by atoms with E-state index in [4.69, 9.17) is 16.3 Å². The Kier molecular flexibility index (Phi) is 7.86. The predicted octanol–water partition coefficient (Wildman–Crippen LogP) is 4.42. The number of nitrogens with zero attached hydrogens (tertiary/aromatic N) is 1. The Balaban J connectivity index is 1.49. The van der Waals surface area contributed by atoms with Crippen molar-refractivity contribution in [2.24, 2.45) is 17.8 Å². The summed E-state index contributed by atoms with van der Waals surface area (Å²) >= 11 is 7.93. The summed E-state index contributed by atoms with van der Waals surface area (Å²) in [5.74, 6) is -1.37. The zero-order valence-electron chi connectivity index (χ0n) is 22.2. The molecular weight excluding hydrogens is 538 g/mol. The van der Waals surface area contributed by atoms with Crippen molar-refractivity contribution in [1.29, 1.82) is 0 Å². The number of hydrogen-bond acceptors (Lipinski definition) is 6. The van der Waals surface area contributed by atoms with Gasteiger partial charge in [0.2, 0.25) is 17.7 Å². The number of likely N-dealkylation sites (tertiary alicyclic amines) is 1. The summed E-state index contributed by atoms with van der Waals surface area (Å²) in [6, 6.07) is 12.7. The number of rotatable bonds is 9. The van der Waals surface area contributed by atoms with E-state index >= 15 is 0 Å². The van der Waals surface area contributed by atoms with Gasteiger partial charge in [-0.1, -0.05) is 37.6 Å². The van der Waals surface area contributed by atoms with Crippen LogP contribution in [0.3, 0.4) is 0 Å². The van der Waals surface area contributed by atoms with Gasteiger partial charge in [0.25, 0.3) is 0 Å². The molecular formula is C29H34ClN3O5S. The van der Waals surface area contributed by atoms with Crippen LogP contribution in [0.5, 0.6) is 5.75 Å². The van der Waals surface area contributed by atoms with Gasteiger partial charge in [0.15, 0.2) is 0 Å². The average molecular weight is 572 g/mol. The number of ether oxygens (including phenoxy) is 1. The third-order valence-corrected chi connectivity index (χ3v) is 10.8. The van der Waals surface area contributed by atoms with Gasteiger partial charge in [-0.05, 0) is 62.1 Å². The van der Waals surface area contributed by atoms with Crippen molar-refractivity contribution in [3.8, 4) is 5.75 Å². The maximum atomic E-state index is 14.2.